The molecule has 2 heteroatoms. The Labute approximate surface area is 126 Å². The number of benzene rings is 3. The number of hydrogen-bond donors (Lipinski definition) is 0. The molecule has 0 atom stereocenters. The summed E-state index contributed by atoms with van der Waals surface area (Å²) in [6.07, 6.45) is 0.935. The highest BCUT2D eigenvalue weighted by Gasteiger charge is 2.07. The fraction of sp³-hybridized carbons (Fsp3) is 0. The molecule has 1 nitrogen and oxygen atoms in total. The summed E-state index contributed by atoms with van der Waals surface area (Å²) in [6.45, 7) is 0. The normalized spacial score (nSPS) is 11.0. The van der Waals surface area contributed by atoms with Crippen LogP contribution in [0.3, 0.4) is 0 Å². The van der Waals surface area contributed by atoms with E-state index in [0.29, 0.717) is 0 Å². The Hall–Kier alpha value is -2.45. The second-order valence-electron chi connectivity index (χ2n) is 5.08. The average Bonchev–Trinajstić information content (AvgIpc) is 3.01. The van der Waals surface area contributed by atoms with E-state index in [1.807, 2.05) is 11.4 Å². The van der Waals surface area contributed by atoms with Gasteiger partial charge in [0.15, 0.2) is 6.29 Å². The van der Waals surface area contributed by atoms with Crippen LogP contribution in [0.2, 0.25) is 0 Å². The smallest absolute Gasteiger partial charge is 0.160 e. The minimum atomic E-state index is 0.787. The van der Waals surface area contributed by atoms with Crippen LogP contribution in [0.5, 0.6) is 0 Å². The van der Waals surface area contributed by atoms with Gasteiger partial charge in [-0.05, 0) is 56.8 Å². The summed E-state index contributed by atoms with van der Waals surface area (Å²) in [6, 6.07) is 21.2. The number of thiophene rings is 1. The molecule has 4 aromatic rings. The van der Waals surface area contributed by atoms with Crippen molar-refractivity contribution in [1.29, 1.82) is 0 Å². The molecule has 0 unspecified atom stereocenters. The molecule has 0 radical (unpaired) electrons. The summed E-state index contributed by atoms with van der Waals surface area (Å²) < 4.78 is 0. The van der Waals surface area contributed by atoms with Gasteiger partial charge in [0.25, 0.3) is 0 Å². The van der Waals surface area contributed by atoms with Crippen molar-refractivity contribution >= 4 is 39.2 Å². The number of fused-ring (bicyclic) bond motifs is 2. The number of rotatable bonds is 2. The molecule has 0 N–H and O–H groups in total. The number of carbonyl (C=O) groups is 1. The quantitative estimate of drug-likeness (QED) is 0.350. The Balaban J connectivity index is 1.97. The minimum absolute atomic E-state index is 0.787. The molecule has 0 amide bonds. The zero-order valence-electron chi connectivity index (χ0n) is 11.2. The van der Waals surface area contributed by atoms with E-state index in [4.69, 9.17) is 0 Å². The maximum Gasteiger partial charge on any atom is 0.160 e. The predicted octanol–water partition coefficient (Wildman–Crippen LogP) is 5.53. The molecule has 0 saturated carbocycles. The van der Waals surface area contributed by atoms with E-state index in [1.165, 1.54) is 32.9 Å². The van der Waals surface area contributed by atoms with Crippen molar-refractivity contribution in [3.05, 3.63) is 70.9 Å². The SMILES string of the molecule is O=Cc1sccc1-c1ccc2cc3ccccc3cc2c1. The van der Waals surface area contributed by atoms with E-state index in [2.05, 4.69) is 54.6 Å². The van der Waals surface area contributed by atoms with Gasteiger partial charge in [0, 0.05) is 5.56 Å². The van der Waals surface area contributed by atoms with Gasteiger partial charge in [-0.15, -0.1) is 11.3 Å². The molecule has 4 rings (SSSR count). The Bertz CT molecular complexity index is 966. The maximum atomic E-state index is 11.1. The van der Waals surface area contributed by atoms with E-state index in [0.717, 1.165) is 22.3 Å². The highest BCUT2D eigenvalue weighted by atomic mass is 32.1. The van der Waals surface area contributed by atoms with Crippen LogP contribution in [-0.4, -0.2) is 6.29 Å². The lowest BCUT2D eigenvalue weighted by atomic mass is 9.99. The zero-order chi connectivity index (χ0) is 14.2. The molecule has 1 aromatic heterocycles. The van der Waals surface area contributed by atoms with Crippen molar-refractivity contribution in [1.82, 2.24) is 0 Å². The molecular formula is C19H12OS. The van der Waals surface area contributed by atoms with Gasteiger partial charge in [-0.25, -0.2) is 0 Å². The third kappa shape index (κ3) is 2.05. The number of hydrogen-bond acceptors (Lipinski definition) is 2. The molecule has 0 spiro atoms. The first-order valence-corrected chi connectivity index (χ1v) is 7.69. The van der Waals surface area contributed by atoms with Crippen molar-refractivity contribution < 1.29 is 4.79 Å². The van der Waals surface area contributed by atoms with Gasteiger partial charge in [-0.2, -0.15) is 0 Å². The fourth-order valence-electron chi connectivity index (χ4n) is 2.76. The van der Waals surface area contributed by atoms with Crippen LogP contribution in [0.15, 0.2) is 66.0 Å². The lowest BCUT2D eigenvalue weighted by Crippen LogP contribution is -1.82. The second kappa shape index (κ2) is 4.83. The summed E-state index contributed by atoms with van der Waals surface area (Å²) >= 11 is 1.48. The zero-order valence-corrected chi connectivity index (χ0v) is 12.1. The summed E-state index contributed by atoms with van der Waals surface area (Å²) in [4.78, 5) is 11.9. The largest absolute Gasteiger partial charge is 0.297 e. The standard InChI is InChI=1S/C19H12OS/c20-12-19-18(7-8-21-19)16-6-5-15-9-13-3-1-2-4-14(13)10-17(15)11-16/h1-12H. The second-order valence-corrected chi connectivity index (χ2v) is 6.03. The van der Waals surface area contributed by atoms with Crippen LogP contribution in [0, 0.1) is 0 Å². The van der Waals surface area contributed by atoms with Gasteiger partial charge in [0.2, 0.25) is 0 Å². The van der Waals surface area contributed by atoms with Crippen molar-refractivity contribution in [2.24, 2.45) is 0 Å². The monoisotopic (exact) mass is 288 g/mol. The molecule has 100 valence electrons. The van der Waals surface area contributed by atoms with Crippen LogP contribution in [0.1, 0.15) is 9.67 Å². The summed E-state index contributed by atoms with van der Waals surface area (Å²) in [5, 5.41) is 6.88. The Morgan fingerprint density at radius 1 is 0.762 bits per heavy atom. The van der Waals surface area contributed by atoms with E-state index in [-0.39, 0.29) is 0 Å². The summed E-state index contributed by atoms with van der Waals surface area (Å²) in [7, 11) is 0. The Morgan fingerprint density at radius 3 is 2.24 bits per heavy atom. The molecule has 3 aromatic carbocycles. The van der Waals surface area contributed by atoms with Crippen LogP contribution < -0.4 is 0 Å². The van der Waals surface area contributed by atoms with Gasteiger partial charge < -0.3 is 0 Å². The first-order chi connectivity index (χ1) is 10.3. The van der Waals surface area contributed by atoms with Crippen LogP contribution >= 0.6 is 11.3 Å². The van der Waals surface area contributed by atoms with Gasteiger partial charge in [-0.1, -0.05) is 36.4 Å². The van der Waals surface area contributed by atoms with E-state index < -0.39 is 0 Å². The first-order valence-electron chi connectivity index (χ1n) is 6.81. The van der Waals surface area contributed by atoms with Gasteiger partial charge in [0.1, 0.15) is 0 Å². The van der Waals surface area contributed by atoms with Gasteiger partial charge in [-0.3, -0.25) is 4.79 Å². The van der Waals surface area contributed by atoms with E-state index in [9.17, 15) is 4.79 Å². The highest BCUT2D eigenvalue weighted by molar-refractivity contribution is 7.12. The molecule has 1 heterocycles. The predicted molar refractivity (Wildman–Crippen MR) is 90.2 cm³/mol. The molecule has 21 heavy (non-hydrogen) atoms. The summed E-state index contributed by atoms with van der Waals surface area (Å²) in [5.41, 5.74) is 2.12. The third-order valence-electron chi connectivity index (χ3n) is 3.82. The first kappa shape index (κ1) is 12.3. The molecule has 0 fully saturated rings. The molecule has 0 aliphatic rings. The maximum absolute atomic E-state index is 11.1. The summed E-state index contributed by atoms with van der Waals surface area (Å²) in [5.74, 6) is 0. The number of carbonyl (C=O) groups excluding carboxylic acids is 1. The van der Waals surface area contributed by atoms with Crippen LogP contribution in [-0.2, 0) is 0 Å². The van der Waals surface area contributed by atoms with Crippen LogP contribution in [0.25, 0.3) is 32.7 Å². The fourth-order valence-corrected chi connectivity index (χ4v) is 3.48. The van der Waals surface area contributed by atoms with E-state index >= 15 is 0 Å². The van der Waals surface area contributed by atoms with Crippen LogP contribution in [0.4, 0.5) is 0 Å². The molecular weight excluding hydrogens is 276 g/mol. The van der Waals surface area contributed by atoms with Crippen molar-refractivity contribution in [2.45, 2.75) is 0 Å². The highest BCUT2D eigenvalue weighted by Crippen LogP contribution is 2.31. The topological polar surface area (TPSA) is 17.1 Å². The molecule has 0 aliphatic carbocycles. The van der Waals surface area contributed by atoms with Crippen molar-refractivity contribution in [3.8, 4) is 11.1 Å². The number of aldehydes is 1. The minimum Gasteiger partial charge on any atom is -0.297 e. The lowest BCUT2D eigenvalue weighted by molar-refractivity contribution is 0.112. The Kier molecular flexibility index (Phi) is 2.83. The molecule has 0 saturated heterocycles. The average molecular weight is 288 g/mol. The van der Waals surface area contributed by atoms with Gasteiger partial charge >= 0.3 is 0 Å². The van der Waals surface area contributed by atoms with Crippen molar-refractivity contribution in [2.75, 3.05) is 0 Å². The third-order valence-corrected chi connectivity index (χ3v) is 4.66. The molecule has 0 bridgehead atoms. The Morgan fingerprint density at radius 2 is 1.48 bits per heavy atom. The lowest BCUT2D eigenvalue weighted by Gasteiger charge is -2.05. The van der Waals surface area contributed by atoms with Gasteiger partial charge in [0.05, 0.1) is 4.88 Å². The van der Waals surface area contributed by atoms with E-state index in [1.54, 1.807) is 0 Å². The van der Waals surface area contributed by atoms with Crippen molar-refractivity contribution in [3.63, 3.8) is 0 Å². The molecule has 0 aliphatic heterocycles.